The molecule has 0 aromatic heterocycles. The van der Waals surface area contributed by atoms with Crippen molar-refractivity contribution in [3.63, 3.8) is 0 Å². The lowest BCUT2D eigenvalue weighted by Gasteiger charge is -2.25. The van der Waals surface area contributed by atoms with Crippen molar-refractivity contribution in [1.82, 2.24) is 5.32 Å². The van der Waals surface area contributed by atoms with Gasteiger partial charge in [0, 0.05) is 16.3 Å². The van der Waals surface area contributed by atoms with Crippen LogP contribution in [0.5, 0.6) is 0 Å². The molecule has 2 unspecified atom stereocenters. The molecule has 6 heteroatoms. The van der Waals surface area contributed by atoms with Gasteiger partial charge in [-0.3, -0.25) is 9.59 Å². The Morgan fingerprint density at radius 3 is 2.38 bits per heavy atom. The van der Waals surface area contributed by atoms with E-state index in [9.17, 15) is 9.59 Å². The van der Waals surface area contributed by atoms with Crippen molar-refractivity contribution < 1.29 is 9.59 Å². The predicted molar refractivity (Wildman–Crippen MR) is 117 cm³/mol. The number of halogens is 1. The molecule has 2 N–H and O–H groups in total. The fraction of sp³-hybridized carbons (Fsp3) is 0.130. The first kappa shape index (κ1) is 19.6. The number of hydrogen-bond donors (Lipinski definition) is 2. The fourth-order valence-corrected chi connectivity index (χ4v) is 4.51. The van der Waals surface area contributed by atoms with Crippen molar-refractivity contribution >= 4 is 40.9 Å². The third kappa shape index (κ3) is 4.63. The maximum Gasteiger partial charge on any atom is 0.238 e. The summed E-state index contributed by atoms with van der Waals surface area (Å²) in [4.78, 5) is 26.3. The van der Waals surface area contributed by atoms with Crippen molar-refractivity contribution in [2.24, 2.45) is 0 Å². The van der Waals surface area contributed by atoms with Crippen LogP contribution < -0.4 is 10.6 Å². The summed E-state index contributed by atoms with van der Waals surface area (Å²) in [6, 6.07) is 24.5. The summed E-state index contributed by atoms with van der Waals surface area (Å²) in [6.45, 7) is 0. The highest BCUT2D eigenvalue weighted by Crippen LogP contribution is 2.36. The van der Waals surface area contributed by atoms with Gasteiger partial charge in [-0.2, -0.15) is 0 Å². The van der Waals surface area contributed by atoms with Crippen LogP contribution in [-0.4, -0.2) is 17.1 Å². The largest absolute Gasteiger partial charge is 0.345 e. The van der Waals surface area contributed by atoms with E-state index in [1.54, 1.807) is 12.1 Å². The molecule has 0 fully saturated rings. The lowest BCUT2D eigenvalue weighted by Crippen LogP contribution is -2.36. The van der Waals surface area contributed by atoms with Gasteiger partial charge in [0.2, 0.25) is 11.8 Å². The minimum Gasteiger partial charge on any atom is -0.345 e. The number of anilines is 1. The van der Waals surface area contributed by atoms with Gasteiger partial charge in [0.25, 0.3) is 0 Å². The summed E-state index contributed by atoms with van der Waals surface area (Å²) in [6.07, 6.45) is 0.0990. The van der Waals surface area contributed by atoms with E-state index in [2.05, 4.69) is 10.6 Å². The summed E-state index contributed by atoms with van der Waals surface area (Å²) < 4.78 is 0. The van der Waals surface area contributed by atoms with Crippen molar-refractivity contribution in [2.45, 2.75) is 22.6 Å². The Morgan fingerprint density at radius 2 is 1.62 bits per heavy atom. The van der Waals surface area contributed by atoms with E-state index in [0.29, 0.717) is 5.02 Å². The molecule has 4 rings (SSSR count). The normalized spacial score (nSPS) is 16.4. The van der Waals surface area contributed by atoms with Gasteiger partial charge < -0.3 is 10.6 Å². The Balaban J connectivity index is 1.51. The van der Waals surface area contributed by atoms with E-state index in [4.69, 9.17) is 11.6 Å². The first-order valence-electron chi connectivity index (χ1n) is 9.26. The molecule has 2 atom stereocenters. The number of para-hydroxylation sites is 1. The molecule has 0 spiro atoms. The van der Waals surface area contributed by atoms with Crippen LogP contribution in [0.15, 0.2) is 83.8 Å². The third-order valence-corrected chi connectivity index (χ3v) is 6.25. The predicted octanol–water partition coefficient (Wildman–Crippen LogP) is 5.05. The number of benzene rings is 3. The number of amides is 2. The van der Waals surface area contributed by atoms with E-state index in [0.717, 1.165) is 21.7 Å². The number of fused-ring (bicyclic) bond motifs is 1. The zero-order chi connectivity index (χ0) is 20.2. The van der Waals surface area contributed by atoms with Gasteiger partial charge in [-0.25, -0.2) is 0 Å². The standard InChI is InChI=1S/C23H19ClN2O2S/c24-17-12-10-16(11-13-17)22(15-6-2-1-3-7-15)26-21(27)14-20-23(28)25-18-8-4-5-9-19(18)29-20/h1-13,20,22H,14H2,(H,25,28)(H,26,27). The molecule has 1 aliphatic rings. The summed E-state index contributed by atoms with van der Waals surface area (Å²) >= 11 is 7.44. The van der Waals surface area contributed by atoms with Gasteiger partial charge in [-0.1, -0.05) is 66.2 Å². The molecule has 1 heterocycles. The van der Waals surface area contributed by atoms with Crippen LogP contribution in [0.1, 0.15) is 23.6 Å². The lowest BCUT2D eigenvalue weighted by atomic mass is 9.98. The van der Waals surface area contributed by atoms with Gasteiger partial charge in [0.1, 0.15) is 0 Å². The first-order valence-corrected chi connectivity index (χ1v) is 10.5. The molecule has 29 heavy (non-hydrogen) atoms. The zero-order valence-corrected chi connectivity index (χ0v) is 17.0. The number of carbonyl (C=O) groups excluding carboxylic acids is 2. The van der Waals surface area contributed by atoms with Crippen molar-refractivity contribution in [2.75, 3.05) is 5.32 Å². The van der Waals surface area contributed by atoms with Gasteiger partial charge >= 0.3 is 0 Å². The summed E-state index contributed by atoms with van der Waals surface area (Å²) in [5, 5.41) is 6.14. The quantitative estimate of drug-likeness (QED) is 0.605. The van der Waals surface area contributed by atoms with E-state index in [-0.39, 0.29) is 24.3 Å². The van der Waals surface area contributed by atoms with Gasteiger partial charge in [-0.05, 0) is 35.4 Å². The Morgan fingerprint density at radius 1 is 0.966 bits per heavy atom. The van der Waals surface area contributed by atoms with Crippen LogP contribution in [0.4, 0.5) is 5.69 Å². The topological polar surface area (TPSA) is 58.2 Å². The minimum absolute atomic E-state index is 0.0990. The molecule has 4 nitrogen and oxygen atoms in total. The number of carbonyl (C=O) groups is 2. The summed E-state index contributed by atoms with van der Waals surface area (Å²) in [5.74, 6) is -0.326. The van der Waals surface area contributed by atoms with E-state index in [1.165, 1.54) is 11.8 Å². The number of hydrogen-bond acceptors (Lipinski definition) is 3. The van der Waals surface area contributed by atoms with Gasteiger partial charge in [-0.15, -0.1) is 11.8 Å². The molecule has 3 aromatic rings. The van der Waals surface area contributed by atoms with Crippen LogP contribution >= 0.6 is 23.4 Å². The van der Waals surface area contributed by atoms with Gasteiger partial charge in [0.05, 0.1) is 17.0 Å². The van der Waals surface area contributed by atoms with Crippen molar-refractivity contribution in [3.05, 3.63) is 95.0 Å². The number of nitrogens with one attached hydrogen (secondary N) is 2. The fourth-order valence-electron chi connectivity index (χ4n) is 3.28. The molecule has 0 radical (unpaired) electrons. The highest BCUT2D eigenvalue weighted by atomic mass is 35.5. The van der Waals surface area contributed by atoms with E-state index in [1.807, 2.05) is 66.7 Å². The average Bonchev–Trinajstić information content (AvgIpc) is 2.74. The molecule has 0 saturated carbocycles. The Labute approximate surface area is 178 Å². The smallest absolute Gasteiger partial charge is 0.238 e. The maximum absolute atomic E-state index is 12.9. The van der Waals surface area contributed by atoms with Gasteiger partial charge in [0.15, 0.2) is 0 Å². The number of rotatable bonds is 5. The van der Waals surface area contributed by atoms with Crippen LogP contribution in [0.25, 0.3) is 0 Å². The van der Waals surface area contributed by atoms with E-state index < -0.39 is 5.25 Å². The second-order valence-electron chi connectivity index (χ2n) is 6.76. The minimum atomic E-state index is -0.466. The van der Waals surface area contributed by atoms with Crippen molar-refractivity contribution in [1.29, 1.82) is 0 Å². The van der Waals surface area contributed by atoms with Crippen molar-refractivity contribution in [3.8, 4) is 0 Å². The zero-order valence-electron chi connectivity index (χ0n) is 15.5. The Kier molecular flexibility index (Phi) is 5.88. The Bertz CT molecular complexity index is 1020. The van der Waals surface area contributed by atoms with E-state index >= 15 is 0 Å². The third-order valence-electron chi connectivity index (χ3n) is 4.72. The molecule has 3 aromatic carbocycles. The lowest BCUT2D eigenvalue weighted by molar-refractivity contribution is -0.124. The highest BCUT2D eigenvalue weighted by molar-refractivity contribution is 8.01. The molecule has 1 aliphatic heterocycles. The second kappa shape index (κ2) is 8.72. The Hall–Kier alpha value is -2.76. The van der Waals surface area contributed by atoms with Crippen LogP contribution in [0, 0.1) is 0 Å². The molecule has 0 aliphatic carbocycles. The average molecular weight is 423 g/mol. The summed E-state index contributed by atoms with van der Waals surface area (Å²) in [7, 11) is 0. The second-order valence-corrected chi connectivity index (χ2v) is 8.44. The molecular formula is C23H19ClN2O2S. The van der Waals surface area contributed by atoms with Crippen LogP contribution in [0.2, 0.25) is 5.02 Å². The molecular weight excluding hydrogens is 404 g/mol. The summed E-state index contributed by atoms with van der Waals surface area (Å²) in [5.41, 5.74) is 2.69. The molecule has 0 saturated heterocycles. The SMILES string of the molecule is O=C(CC1Sc2ccccc2NC1=O)NC(c1ccccc1)c1ccc(Cl)cc1. The maximum atomic E-state index is 12.9. The van der Waals surface area contributed by atoms with Crippen LogP contribution in [-0.2, 0) is 9.59 Å². The first-order chi connectivity index (χ1) is 14.1. The molecule has 0 bridgehead atoms. The highest BCUT2D eigenvalue weighted by Gasteiger charge is 2.29. The number of thioether (sulfide) groups is 1. The monoisotopic (exact) mass is 422 g/mol. The molecule has 146 valence electrons. The molecule has 2 amide bonds. The van der Waals surface area contributed by atoms with Crippen LogP contribution in [0.3, 0.4) is 0 Å².